The number of carbonyl (C=O) groups is 3. The van der Waals surface area contributed by atoms with Crippen molar-refractivity contribution >= 4 is 18.0 Å². The molecule has 0 saturated heterocycles. The molecule has 0 spiro atoms. The first-order valence-electron chi connectivity index (χ1n) is 8.52. The molecule has 0 aliphatic heterocycles. The lowest BCUT2D eigenvalue weighted by Crippen LogP contribution is -2.55. The lowest BCUT2D eigenvalue weighted by Gasteiger charge is -2.35. The third-order valence-electron chi connectivity index (χ3n) is 3.61. The summed E-state index contributed by atoms with van der Waals surface area (Å²) in [7, 11) is 0. The van der Waals surface area contributed by atoms with Crippen LogP contribution in [0.2, 0.25) is 0 Å². The van der Waals surface area contributed by atoms with E-state index < -0.39 is 17.6 Å². The monoisotopic (exact) mass is 382 g/mol. The number of hydrogen-bond acceptors (Lipinski definition) is 5. The van der Waals surface area contributed by atoms with Gasteiger partial charge in [0.1, 0.15) is 5.75 Å². The van der Waals surface area contributed by atoms with Crippen molar-refractivity contribution in [1.29, 1.82) is 0 Å². The Morgan fingerprint density at radius 3 is 2.11 bits per heavy atom. The minimum absolute atomic E-state index is 0.205. The van der Waals surface area contributed by atoms with Gasteiger partial charge in [-0.2, -0.15) is 0 Å². The minimum Gasteiger partial charge on any atom is -0.403 e. The lowest BCUT2D eigenvalue weighted by molar-refractivity contribution is 0.0358. The molecule has 0 atom stereocenters. The molecular formula is C21H22N2O5. The van der Waals surface area contributed by atoms with Crippen LogP contribution in [0.5, 0.6) is 5.75 Å². The number of hydrogen-bond donors (Lipinski definition) is 1. The summed E-state index contributed by atoms with van der Waals surface area (Å²) in [5, 5.41) is 1.29. The van der Waals surface area contributed by atoms with E-state index in [0.717, 1.165) is 6.26 Å². The Bertz CT molecular complexity index is 855. The van der Waals surface area contributed by atoms with Gasteiger partial charge in [0.15, 0.2) is 0 Å². The molecule has 146 valence electrons. The molecule has 0 heterocycles. The first-order valence-corrected chi connectivity index (χ1v) is 8.52. The second-order valence-corrected chi connectivity index (χ2v) is 6.78. The molecule has 0 radical (unpaired) electrons. The molecule has 0 bridgehead atoms. The molecule has 0 unspecified atom stereocenters. The highest BCUT2D eigenvalue weighted by Crippen LogP contribution is 2.17. The Morgan fingerprint density at radius 1 is 0.964 bits per heavy atom. The first kappa shape index (κ1) is 20.7. The van der Waals surface area contributed by atoms with Crippen LogP contribution in [0, 0.1) is 0 Å². The van der Waals surface area contributed by atoms with Gasteiger partial charge in [-0.1, -0.05) is 24.8 Å². The van der Waals surface area contributed by atoms with Crippen LogP contribution in [0.4, 0.5) is 4.79 Å². The Hall–Kier alpha value is -3.61. The molecular weight excluding hydrogens is 360 g/mol. The molecule has 0 saturated carbocycles. The third-order valence-corrected chi connectivity index (χ3v) is 3.61. The molecule has 0 aromatic heterocycles. The van der Waals surface area contributed by atoms with E-state index in [4.69, 9.17) is 4.74 Å². The summed E-state index contributed by atoms with van der Waals surface area (Å²) in [6.07, 6.45) is 0.0224. The highest BCUT2D eigenvalue weighted by molar-refractivity contribution is 5.99. The summed E-state index contributed by atoms with van der Waals surface area (Å²) in [5.74, 6) is -0.593. The van der Waals surface area contributed by atoms with Crippen molar-refractivity contribution in [3.8, 4) is 5.75 Å². The van der Waals surface area contributed by atoms with Crippen molar-refractivity contribution in [3.05, 3.63) is 78.6 Å². The average molecular weight is 382 g/mol. The molecule has 0 fully saturated rings. The molecule has 2 amide bonds. The largest absolute Gasteiger partial charge is 0.518 e. The topological polar surface area (TPSA) is 84.9 Å². The van der Waals surface area contributed by atoms with Gasteiger partial charge in [-0.3, -0.25) is 15.0 Å². The normalized spacial score (nSPS) is 10.5. The third kappa shape index (κ3) is 5.44. The van der Waals surface area contributed by atoms with Crippen LogP contribution >= 0.6 is 0 Å². The summed E-state index contributed by atoms with van der Waals surface area (Å²) in [6, 6.07) is 14.5. The highest BCUT2D eigenvalue weighted by Gasteiger charge is 2.29. The number of carbonyl (C=O) groups excluding carboxylic acids is 3. The van der Waals surface area contributed by atoms with Crippen molar-refractivity contribution < 1.29 is 23.9 Å². The average Bonchev–Trinajstić information content (AvgIpc) is 2.66. The summed E-state index contributed by atoms with van der Waals surface area (Å²) in [5.41, 5.74) is 2.75. The van der Waals surface area contributed by atoms with Crippen LogP contribution < -0.4 is 10.2 Å². The SMILES string of the molecule is C=COC(=O)Oc1ccc(C(=O)NN(C(=O)c2ccccc2)C(C)(C)C)cc1. The fourth-order valence-corrected chi connectivity index (χ4v) is 2.26. The second-order valence-electron chi connectivity index (χ2n) is 6.78. The number of benzene rings is 2. The smallest absolute Gasteiger partial charge is 0.403 e. The van der Waals surface area contributed by atoms with Crippen molar-refractivity contribution in [2.24, 2.45) is 0 Å². The molecule has 2 aromatic carbocycles. The zero-order valence-corrected chi connectivity index (χ0v) is 16.0. The fraction of sp³-hybridized carbons (Fsp3) is 0.190. The van der Waals surface area contributed by atoms with Gasteiger partial charge in [-0.05, 0) is 57.2 Å². The number of rotatable bonds is 4. The Balaban J connectivity index is 2.14. The van der Waals surface area contributed by atoms with Gasteiger partial charge in [0.2, 0.25) is 0 Å². The van der Waals surface area contributed by atoms with Gasteiger partial charge in [0.25, 0.3) is 11.8 Å². The molecule has 28 heavy (non-hydrogen) atoms. The minimum atomic E-state index is -0.931. The molecule has 7 heteroatoms. The van der Waals surface area contributed by atoms with Gasteiger partial charge in [-0.15, -0.1) is 0 Å². The van der Waals surface area contributed by atoms with Gasteiger partial charge >= 0.3 is 6.16 Å². The number of ether oxygens (including phenoxy) is 2. The van der Waals surface area contributed by atoms with Gasteiger partial charge < -0.3 is 9.47 Å². The maximum atomic E-state index is 12.8. The zero-order chi connectivity index (χ0) is 20.7. The van der Waals surface area contributed by atoms with E-state index in [1.54, 1.807) is 24.3 Å². The number of hydrazine groups is 1. The van der Waals surface area contributed by atoms with Crippen molar-refractivity contribution in [2.75, 3.05) is 0 Å². The van der Waals surface area contributed by atoms with E-state index in [9.17, 15) is 14.4 Å². The van der Waals surface area contributed by atoms with Crippen molar-refractivity contribution in [1.82, 2.24) is 10.4 Å². The van der Waals surface area contributed by atoms with E-state index in [1.807, 2.05) is 26.8 Å². The van der Waals surface area contributed by atoms with E-state index in [2.05, 4.69) is 16.7 Å². The van der Waals surface area contributed by atoms with Crippen LogP contribution in [0.15, 0.2) is 67.4 Å². The summed E-state index contributed by atoms with van der Waals surface area (Å²) in [6.45, 7) is 8.70. The molecule has 2 rings (SSSR count). The van der Waals surface area contributed by atoms with Gasteiger partial charge in [0.05, 0.1) is 11.8 Å². The summed E-state index contributed by atoms with van der Waals surface area (Å²) in [4.78, 5) is 36.7. The van der Waals surface area contributed by atoms with E-state index in [-0.39, 0.29) is 11.7 Å². The van der Waals surface area contributed by atoms with Crippen LogP contribution in [0.3, 0.4) is 0 Å². The molecule has 0 aliphatic rings. The second kappa shape index (κ2) is 8.85. The van der Waals surface area contributed by atoms with Crippen molar-refractivity contribution in [3.63, 3.8) is 0 Å². The summed E-state index contributed by atoms with van der Waals surface area (Å²) < 4.78 is 9.35. The van der Waals surface area contributed by atoms with Gasteiger partial charge in [-0.25, -0.2) is 9.80 Å². The predicted molar refractivity (Wildman–Crippen MR) is 104 cm³/mol. The van der Waals surface area contributed by atoms with Crippen LogP contribution in [0.1, 0.15) is 41.5 Å². The highest BCUT2D eigenvalue weighted by atomic mass is 16.7. The maximum absolute atomic E-state index is 12.8. The Labute approximate surface area is 163 Å². The maximum Gasteiger partial charge on any atom is 0.518 e. The summed E-state index contributed by atoms with van der Waals surface area (Å²) >= 11 is 0. The molecule has 1 N–H and O–H groups in total. The van der Waals surface area contributed by atoms with E-state index >= 15 is 0 Å². The van der Waals surface area contributed by atoms with Crippen LogP contribution in [0.25, 0.3) is 0 Å². The van der Waals surface area contributed by atoms with Gasteiger partial charge in [0, 0.05) is 11.1 Å². The number of nitrogens with one attached hydrogen (secondary N) is 1. The van der Waals surface area contributed by atoms with Crippen LogP contribution in [-0.2, 0) is 4.74 Å². The van der Waals surface area contributed by atoms with E-state index in [0.29, 0.717) is 11.1 Å². The molecule has 2 aromatic rings. The standard InChI is InChI=1S/C21H22N2O5/c1-5-27-20(26)28-17-13-11-15(12-14-17)18(24)22-23(21(2,3)4)19(25)16-9-7-6-8-10-16/h5-14H,1H2,2-4H3,(H,22,24). The number of nitrogens with zero attached hydrogens (tertiary/aromatic N) is 1. The van der Waals surface area contributed by atoms with Crippen molar-refractivity contribution in [2.45, 2.75) is 26.3 Å². The molecule has 0 aliphatic carbocycles. The van der Waals surface area contributed by atoms with Crippen LogP contribution in [-0.4, -0.2) is 28.5 Å². The Kier molecular flexibility index (Phi) is 6.55. The zero-order valence-electron chi connectivity index (χ0n) is 16.0. The quantitative estimate of drug-likeness (QED) is 0.375. The van der Waals surface area contributed by atoms with E-state index in [1.165, 1.54) is 29.3 Å². The lowest BCUT2D eigenvalue weighted by atomic mass is 10.1. The first-order chi connectivity index (χ1) is 13.2. The number of amides is 2. The Morgan fingerprint density at radius 2 is 1.57 bits per heavy atom. The molecule has 7 nitrogen and oxygen atoms in total. The predicted octanol–water partition coefficient (Wildman–Crippen LogP) is 3.93. The fourth-order valence-electron chi connectivity index (χ4n) is 2.26.